The van der Waals surface area contributed by atoms with Gasteiger partial charge in [0, 0.05) is 13.1 Å². The van der Waals surface area contributed by atoms with E-state index < -0.39 is 12.0 Å². The Kier molecular flexibility index (Phi) is 4.11. The number of carbonyl (C=O) groups is 1. The Bertz CT molecular complexity index is 220. The fourth-order valence-corrected chi connectivity index (χ4v) is 2.31. The van der Waals surface area contributed by atoms with Gasteiger partial charge in [0.2, 0.25) is 0 Å². The first-order valence-corrected chi connectivity index (χ1v) is 5.54. The molecule has 0 spiro atoms. The highest BCUT2D eigenvalue weighted by molar-refractivity contribution is 5.73. The van der Waals surface area contributed by atoms with Gasteiger partial charge >= 0.3 is 5.97 Å². The molecule has 0 saturated carbocycles. The zero-order chi connectivity index (χ0) is 11.6. The molecule has 4 nitrogen and oxygen atoms in total. The molecule has 1 fully saturated rings. The summed E-state index contributed by atoms with van der Waals surface area (Å²) in [4.78, 5) is 13.2. The highest BCUT2D eigenvalue weighted by atomic mass is 16.5. The van der Waals surface area contributed by atoms with Gasteiger partial charge in [-0.05, 0) is 19.8 Å². The van der Waals surface area contributed by atoms with Crippen LogP contribution in [0.25, 0.3) is 0 Å². The summed E-state index contributed by atoms with van der Waals surface area (Å²) >= 11 is 0. The molecule has 0 radical (unpaired) electrons. The van der Waals surface area contributed by atoms with Gasteiger partial charge in [0.1, 0.15) is 6.04 Å². The molecule has 3 atom stereocenters. The summed E-state index contributed by atoms with van der Waals surface area (Å²) in [6, 6.07) is -0.390. The fraction of sp³-hybridized carbons (Fsp3) is 0.909. The van der Waals surface area contributed by atoms with Gasteiger partial charge in [-0.25, -0.2) is 0 Å². The van der Waals surface area contributed by atoms with Crippen LogP contribution in [0, 0.1) is 5.92 Å². The van der Waals surface area contributed by atoms with Crippen LogP contribution in [-0.2, 0) is 9.53 Å². The number of carboxylic acid groups (broad SMARTS) is 1. The molecule has 0 unspecified atom stereocenters. The summed E-state index contributed by atoms with van der Waals surface area (Å²) in [6.45, 7) is 9.29. The van der Waals surface area contributed by atoms with Crippen LogP contribution in [0.2, 0.25) is 0 Å². The maximum absolute atomic E-state index is 11.2. The van der Waals surface area contributed by atoms with Crippen LogP contribution in [0.3, 0.4) is 0 Å². The minimum atomic E-state index is -0.730. The largest absolute Gasteiger partial charge is 0.480 e. The van der Waals surface area contributed by atoms with E-state index in [4.69, 9.17) is 4.74 Å². The Labute approximate surface area is 91.2 Å². The number of nitrogens with zero attached hydrogens (tertiary/aromatic N) is 1. The molecular formula is C11H21NO3. The Hall–Kier alpha value is -0.610. The number of aliphatic carboxylic acids is 1. The molecule has 1 aliphatic heterocycles. The van der Waals surface area contributed by atoms with Crippen molar-refractivity contribution in [1.29, 1.82) is 0 Å². The monoisotopic (exact) mass is 215 g/mol. The lowest BCUT2D eigenvalue weighted by Gasteiger charge is -2.39. The van der Waals surface area contributed by atoms with Crippen LogP contribution in [0.4, 0.5) is 0 Å². The van der Waals surface area contributed by atoms with Crippen LogP contribution in [-0.4, -0.2) is 47.3 Å². The quantitative estimate of drug-likeness (QED) is 0.768. The average Bonchev–Trinajstić information content (AvgIpc) is 1.99. The molecule has 1 saturated heterocycles. The lowest BCUT2D eigenvalue weighted by atomic mass is 10.0. The lowest BCUT2D eigenvalue weighted by Crippen LogP contribution is -2.54. The van der Waals surface area contributed by atoms with Crippen molar-refractivity contribution in [2.45, 2.75) is 45.9 Å². The Morgan fingerprint density at radius 3 is 2.13 bits per heavy atom. The van der Waals surface area contributed by atoms with Gasteiger partial charge in [-0.2, -0.15) is 0 Å². The minimum Gasteiger partial charge on any atom is -0.480 e. The molecule has 88 valence electrons. The standard InChI is InChI=1S/C11H21NO3/c1-7(2)10(11(13)14)12-5-8(3)15-9(4)6-12/h7-10H,5-6H2,1-4H3,(H,13,14)/t8-,9-,10+/m1/s1. The van der Waals surface area contributed by atoms with Crippen LogP contribution >= 0.6 is 0 Å². The molecule has 1 rings (SSSR count). The first-order chi connectivity index (χ1) is 6.91. The second-order valence-corrected chi connectivity index (χ2v) is 4.74. The van der Waals surface area contributed by atoms with Crippen LogP contribution in [0.5, 0.6) is 0 Å². The van der Waals surface area contributed by atoms with Gasteiger partial charge < -0.3 is 9.84 Å². The van der Waals surface area contributed by atoms with Gasteiger partial charge in [0.05, 0.1) is 12.2 Å². The van der Waals surface area contributed by atoms with Gasteiger partial charge in [0.25, 0.3) is 0 Å². The average molecular weight is 215 g/mol. The molecule has 1 aliphatic rings. The van der Waals surface area contributed by atoms with E-state index in [2.05, 4.69) is 0 Å². The smallest absolute Gasteiger partial charge is 0.321 e. The molecule has 15 heavy (non-hydrogen) atoms. The first-order valence-electron chi connectivity index (χ1n) is 5.54. The van der Waals surface area contributed by atoms with Gasteiger partial charge in [-0.3, -0.25) is 9.69 Å². The molecule has 0 bridgehead atoms. The molecule has 0 amide bonds. The molecule has 4 heteroatoms. The summed E-state index contributed by atoms with van der Waals surface area (Å²) < 4.78 is 5.59. The third-order valence-electron chi connectivity index (χ3n) is 2.73. The number of hydrogen-bond acceptors (Lipinski definition) is 3. The fourth-order valence-electron chi connectivity index (χ4n) is 2.31. The van der Waals surface area contributed by atoms with E-state index in [1.54, 1.807) is 0 Å². The van der Waals surface area contributed by atoms with E-state index in [0.29, 0.717) is 13.1 Å². The second-order valence-electron chi connectivity index (χ2n) is 4.74. The van der Waals surface area contributed by atoms with Gasteiger partial charge in [-0.1, -0.05) is 13.8 Å². The van der Waals surface area contributed by atoms with E-state index in [9.17, 15) is 9.90 Å². The maximum atomic E-state index is 11.2. The van der Waals surface area contributed by atoms with E-state index in [0.717, 1.165) is 0 Å². The molecule has 1 heterocycles. The number of rotatable bonds is 3. The summed E-state index contributed by atoms with van der Waals surface area (Å²) in [6.07, 6.45) is 0.240. The lowest BCUT2D eigenvalue weighted by molar-refractivity contribution is -0.151. The van der Waals surface area contributed by atoms with Crippen molar-refractivity contribution in [3.63, 3.8) is 0 Å². The molecular weight excluding hydrogens is 194 g/mol. The third-order valence-corrected chi connectivity index (χ3v) is 2.73. The number of morpholine rings is 1. The Balaban J connectivity index is 2.70. The Morgan fingerprint density at radius 1 is 1.33 bits per heavy atom. The van der Waals surface area contributed by atoms with Crippen molar-refractivity contribution in [3.8, 4) is 0 Å². The summed E-state index contributed by atoms with van der Waals surface area (Å²) in [5.41, 5.74) is 0. The SMILES string of the molecule is CC(C)[C@@H](C(=O)O)N1C[C@@H](C)O[C@H](C)C1. The van der Waals surface area contributed by atoms with Crippen molar-refractivity contribution in [1.82, 2.24) is 4.90 Å². The van der Waals surface area contributed by atoms with Crippen molar-refractivity contribution < 1.29 is 14.6 Å². The number of hydrogen-bond donors (Lipinski definition) is 1. The maximum Gasteiger partial charge on any atom is 0.321 e. The number of ether oxygens (including phenoxy) is 1. The number of carboxylic acids is 1. The van der Waals surface area contributed by atoms with E-state index >= 15 is 0 Å². The third kappa shape index (κ3) is 3.18. The molecule has 0 aromatic carbocycles. The van der Waals surface area contributed by atoms with Crippen molar-refractivity contribution >= 4 is 5.97 Å². The van der Waals surface area contributed by atoms with Crippen molar-refractivity contribution in [2.24, 2.45) is 5.92 Å². The van der Waals surface area contributed by atoms with E-state index in [1.807, 2.05) is 32.6 Å². The van der Waals surface area contributed by atoms with E-state index in [-0.39, 0.29) is 18.1 Å². The van der Waals surface area contributed by atoms with Crippen molar-refractivity contribution in [3.05, 3.63) is 0 Å². The van der Waals surface area contributed by atoms with Crippen LogP contribution in [0.15, 0.2) is 0 Å². The summed E-state index contributed by atoms with van der Waals surface area (Å²) in [5.74, 6) is -0.605. The Morgan fingerprint density at radius 2 is 1.80 bits per heavy atom. The van der Waals surface area contributed by atoms with Crippen LogP contribution in [0.1, 0.15) is 27.7 Å². The summed E-state index contributed by atoms with van der Waals surface area (Å²) in [7, 11) is 0. The van der Waals surface area contributed by atoms with Gasteiger partial charge in [-0.15, -0.1) is 0 Å². The zero-order valence-corrected chi connectivity index (χ0v) is 9.93. The zero-order valence-electron chi connectivity index (χ0n) is 9.93. The highest BCUT2D eigenvalue weighted by Crippen LogP contribution is 2.18. The highest BCUT2D eigenvalue weighted by Gasteiger charge is 2.33. The van der Waals surface area contributed by atoms with Crippen molar-refractivity contribution in [2.75, 3.05) is 13.1 Å². The summed E-state index contributed by atoms with van der Waals surface area (Å²) in [5, 5.41) is 9.19. The molecule has 0 aliphatic carbocycles. The van der Waals surface area contributed by atoms with E-state index in [1.165, 1.54) is 0 Å². The van der Waals surface area contributed by atoms with Crippen LogP contribution < -0.4 is 0 Å². The van der Waals surface area contributed by atoms with Gasteiger partial charge in [0.15, 0.2) is 0 Å². The predicted molar refractivity (Wildman–Crippen MR) is 57.8 cm³/mol. The molecule has 0 aromatic heterocycles. The minimum absolute atomic E-state index is 0.120. The molecule has 1 N–H and O–H groups in total. The second kappa shape index (κ2) is 4.94. The predicted octanol–water partition coefficient (Wildman–Crippen LogP) is 1.20. The first kappa shape index (κ1) is 12.5. The normalized spacial score (nSPS) is 30.5. The topological polar surface area (TPSA) is 49.8 Å². The molecule has 0 aromatic rings.